The lowest BCUT2D eigenvalue weighted by Crippen LogP contribution is -1.94. The second kappa shape index (κ2) is 21.6. The van der Waals surface area contributed by atoms with Gasteiger partial charge in [-0.15, -0.1) is 0 Å². The van der Waals surface area contributed by atoms with E-state index in [0.29, 0.717) is 18.0 Å². The standard InChI is InChI=1S/C7H8N2O2.C2H6O2.2C2H6/c1-11-7-4-6(9-5-10)2-3-8-7;3-1-2-4;2*1-2/h2-5H,1H3,(H,8,9,10);3-4H,1-2H2;2*1-2H3. The van der Waals surface area contributed by atoms with Crippen molar-refractivity contribution in [1.82, 2.24) is 4.98 Å². The van der Waals surface area contributed by atoms with Crippen LogP contribution in [0.2, 0.25) is 0 Å². The normalized spacial score (nSPS) is 7.32. The number of amides is 1. The van der Waals surface area contributed by atoms with Gasteiger partial charge in [-0.05, 0) is 6.07 Å². The van der Waals surface area contributed by atoms with Crippen LogP contribution in [0.25, 0.3) is 0 Å². The second-order valence-electron chi connectivity index (χ2n) is 2.30. The van der Waals surface area contributed by atoms with Crippen molar-refractivity contribution in [2.75, 3.05) is 25.6 Å². The van der Waals surface area contributed by atoms with Crippen LogP contribution in [0.5, 0.6) is 5.88 Å². The highest BCUT2D eigenvalue weighted by molar-refractivity contribution is 5.71. The molecule has 19 heavy (non-hydrogen) atoms. The van der Waals surface area contributed by atoms with Crippen LogP contribution in [-0.2, 0) is 4.79 Å². The van der Waals surface area contributed by atoms with E-state index in [1.165, 1.54) is 7.11 Å². The minimum absolute atomic E-state index is 0.125. The second-order valence-corrected chi connectivity index (χ2v) is 2.30. The lowest BCUT2D eigenvalue weighted by molar-refractivity contribution is -0.105. The summed E-state index contributed by atoms with van der Waals surface area (Å²) in [7, 11) is 1.52. The van der Waals surface area contributed by atoms with E-state index in [1.54, 1.807) is 18.3 Å². The van der Waals surface area contributed by atoms with Crippen LogP contribution in [0.15, 0.2) is 18.3 Å². The summed E-state index contributed by atoms with van der Waals surface area (Å²) in [5.41, 5.74) is 0.673. The molecule has 0 radical (unpaired) electrons. The molecule has 0 fully saturated rings. The first-order valence-corrected chi connectivity index (χ1v) is 6.20. The Morgan fingerprint density at radius 3 is 2.16 bits per heavy atom. The number of nitrogens with zero attached hydrogens (tertiary/aromatic N) is 1. The number of carbonyl (C=O) groups excluding carboxylic acids is 1. The summed E-state index contributed by atoms with van der Waals surface area (Å²) >= 11 is 0. The largest absolute Gasteiger partial charge is 0.481 e. The first kappa shape index (κ1) is 22.5. The van der Waals surface area contributed by atoms with E-state index in [0.717, 1.165) is 0 Å². The number of hydrogen-bond donors (Lipinski definition) is 3. The Morgan fingerprint density at radius 2 is 1.79 bits per heavy atom. The number of pyridine rings is 1. The van der Waals surface area contributed by atoms with E-state index >= 15 is 0 Å². The Balaban J connectivity index is -0.000000271. The van der Waals surface area contributed by atoms with E-state index in [4.69, 9.17) is 14.9 Å². The molecule has 0 spiro atoms. The zero-order chi connectivity index (χ0) is 15.5. The molecule has 112 valence electrons. The van der Waals surface area contributed by atoms with Gasteiger partial charge >= 0.3 is 0 Å². The van der Waals surface area contributed by atoms with Gasteiger partial charge in [-0.25, -0.2) is 4.98 Å². The minimum Gasteiger partial charge on any atom is -0.481 e. The monoisotopic (exact) mass is 274 g/mol. The van der Waals surface area contributed by atoms with Crippen molar-refractivity contribution >= 4 is 12.1 Å². The van der Waals surface area contributed by atoms with Crippen LogP contribution in [0.1, 0.15) is 27.7 Å². The molecule has 6 nitrogen and oxygen atoms in total. The number of nitrogens with one attached hydrogen (secondary N) is 1. The molecule has 0 atom stereocenters. The summed E-state index contributed by atoms with van der Waals surface area (Å²) in [5.74, 6) is 0.483. The molecule has 6 heteroatoms. The molecule has 0 aliphatic carbocycles. The van der Waals surface area contributed by atoms with Gasteiger partial charge in [0.1, 0.15) is 0 Å². The van der Waals surface area contributed by atoms with Crippen molar-refractivity contribution in [2.24, 2.45) is 0 Å². The zero-order valence-electron chi connectivity index (χ0n) is 12.4. The van der Waals surface area contributed by atoms with Gasteiger partial charge in [0.05, 0.1) is 20.3 Å². The molecular weight excluding hydrogens is 248 g/mol. The van der Waals surface area contributed by atoms with Gasteiger partial charge in [-0.1, -0.05) is 27.7 Å². The number of carbonyl (C=O) groups is 1. The van der Waals surface area contributed by atoms with Crippen LogP contribution >= 0.6 is 0 Å². The van der Waals surface area contributed by atoms with Crippen molar-refractivity contribution in [3.05, 3.63) is 18.3 Å². The van der Waals surface area contributed by atoms with Gasteiger partial charge in [0.2, 0.25) is 12.3 Å². The Morgan fingerprint density at radius 1 is 1.26 bits per heavy atom. The van der Waals surface area contributed by atoms with E-state index in [9.17, 15) is 4.79 Å². The van der Waals surface area contributed by atoms with Crippen LogP contribution < -0.4 is 10.1 Å². The Labute approximate surface area is 115 Å². The van der Waals surface area contributed by atoms with E-state index < -0.39 is 0 Å². The summed E-state index contributed by atoms with van der Waals surface area (Å²) < 4.78 is 4.83. The summed E-state index contributed by atoms with van der Waals surface area (Å²) in [5, 5.41) is 17.7. The van der Waals surface area contributed by atoms with Crippen LogP contribution in [0.4, 0.5) is 5.69 Å². The number of aromatic nitrogens is 1. The molecule has 0 aromatic carbocycles. The Bertz CT molecular complexity index is 281. The van der Waals surface area contributed by atoms with Crippen molar-refractivity contribution in [1.29, 1.82) is 0 Å². The number of methoxy groups -OCH3 is 1. The van der Waals surface area contributed by atoms with Crippen LogP contribution in [0, 0.1) is 0 Å². The summed E-state index contributed by atoms with van der Waals surface area (Å²) in [4.78, 5) is 13.9. The van der Waals surface area contributed by atoms with Gasteiger partial charge in [-0.3, -0.25) is 4.79 Å². The molecule has 0 bridgehead atoms. The maximum absolute atomic E-state index is 10.0. The third-order valence-corrected chi connectivity index (χ3v) is 1.27. The number of anilines is 1. The molecule has 0 aliphatic rings. The number of hydrogen-bond acceptors (Lipinski definition) is 5. The molecular formula is C13H26N2O4. The third kappa shape index (κ3) is 16.3. The van der Waals surface area contributed by atoms with Crippen molar-refractivity contribution in [2.45, 2.75) is 27.7 Å². The Kier molecular flexibility index (Phi) is 25.6. The molecule has 1 rings (SSSR count). The summed E-state index contributed by atoms with van der Waals surface area (Å²) in [6.07, 6.45) is 2.17. The first-order valence-electron chi connectivity index (χ1n) is 6.20. The lowest BCUT2D eigenvalue weighted by Gasteiger charge is -2.00. The topological polar surface area (TPSA) is 91.7 Å². The summed E-state index contributed by atoms with van der Waals surface area (Å²) in [6, 6.07) is 3.31. The molecule has 3 N–H and O–H groups in total. The van der Waals surface area contributed by atoms with Gasteiger partial charge < -0.3 is 20.3 Å². The van der Waals surface area contributed by atoms with Crippen LogP contribution in [0.3, 0.4) is 0 Å². The maximum atomic E-state index is 10.0. The minimum atomic E-state index is -0.125. The number of aliphatic hydroxyl groups is 2. The zero-order valence-corrected chi connectivity index (χ0v) is 12.4. The van der Waals surface area contributed by atoms with E-state index in [2.05, 4.69) is 10.3 Å². The average Bonchev–Trinajstić information content (AvgIpc) is 2.52. The third-order valence-electron chi connectivity index (χ3n) is 1.27. The molecule has 0 unspecified atom stereocenters. The molecule has 0 saturated carbocycles. The number of ether oxygens (including phenoxy) is 1. The van der Waals surface area contributed by atoms with Crippen molar-refractivity contribution in [3.8, 4) is 5.88 Å². The fourth-order valence-corrected chi connectivity index (χ4v) is 0.679. The molecule has 1 aromatic rings. The maximum Gasteiger partial charge on any atom is 0.214 e. The quantitative estimate of drug-likeness (QED) is 0.727. The predicted octanol–water partition coefficient (Wildman–Crippen LogP) is 1.68. The fraction of sp³-hybridized carbons (Fsp3) is 0.538. The fourth-order valence-electron chi connectivity index (χ4n) is 0.679. The molecule has 1 heterocycles. The smallest absolute Gasteiger partial charge is 0.214 e. The highest BCUT2D eigenvalue weighted by atomic mass is 16.5. The highest BCUT2D eigenvalue weighted by Crippen LogP contribution is 2.11. The van der Waals surface area contributed by atoms with Crippen molar-refractivity contribution in [3.63, 3.8) is 0 Å². The van der Waals surface area contributed by atoms with E-state index in [-0.39, 0.29) is 13.2 Å². The molecule has 1 amide bonds. The van der Waals surface area contributed by atoms with E-state index in [1.807, 2.05) is 27.7 Å². The summed E-state index contributed by atoms with van der Waals surface area (Å²) in [6.45, 7) is 7.75. The molecule has 0 saturated heterocycles. The van der Waals surface area contributed by atoms with Gasteiger partial charge in [0.25, 0.3) is 0 Å². The highest BCUT2D eigenvalue weighted by Gasteiger charge is 1.93. The van der Waals surface area contributed by atoms with Gasteiger partial charge in [0, 0.05) is 18.0 Å². The molecule has 0 aliphatic heterocycles. The SMILES string of the molecule is CC.CC.COc1cc(NC=O)ccn1.OCCO. The first-order chi connectivity index (χ1) is 9.28. The predicted molar refractivity (Wildman–Crippen MR) is 77.3 cm³/mol. The van der Waals surface area contributed by atoms with Crippen LogP contribution in [-0.4, -0.2) is 41.9 Å². The Hall–Kier alpha value is -1.66. The van der Waals surface area contributed by atoms with Crippen molar-refractivity contribution < 1.29 is 19.7 Å². The van der Waals surface area contributed by atoms with Gasteiger partial charge in [-0.2, -0.15) is 0 Å². The van der Waals surface area contributed by atoms with Gasteiger partial charge in [0.15, 0.2) is 0 Å². The lowest BCUT2D eigenvalue weighted by atomic mass is 10.4. The molecule has 1 aromatic heterocycles. The number of rotatable bonds is 4. The average molecular weight is 274 g/mol. The number of aliphatic hydroxyl groups excluding tert-OH is 2.